The van der Waals surface area contributed by atoms with Crippen molar-refractivity contribution >= 4 is 5.91 Å². The monoisotopic (exact) mass is 196 g/mol. The van der Waals surface area contributed by atoms with Crippen molar-refractivity contribution in [1.82, 2.24) is 4.90 Å². The Morgan fingerprint density at radius 1 is 1.07 bits per heavy atom. The van der Waals surface area contributed by atoms with Crippen LogP contribution in [0.4, 0.5) is 0 Å². The molecule has 0 aromatic heterocycles. The molecule has 0 aromatic carbocycles. The fourth-order valence-electron chi connectivity index (χ4n) is 2.64. The first-order valence-corrected chi connectivity index (χ1v) is 5.83. The lowest BCUT2D eigenvalue weighted by atomic mass is 9.84. The second-order valence-electron chi connectivity index (χ2n) is 4.59. The van der Waals surface area contributed by atoms with Crippen molar-refractivity contribution in [1.29, 1.82) is 0 Å². The highest BCUT2D eigenvalue weighted by molar-refractivity contribution is 5.79. The van der Waals surface area contributed by atoms with Crippen molar-refractivity contribution in [2.24, 2.45) is 11.7 Å². The van der Waals surface area contributed by atoms with Crippen LogP contribution < -0.4 is 5.73 Å². The Kier molecular flexibility index (Phi) is 3.06. The Morgan fingerprint density at radius 3 is 2.36 bits per heavy atom. The molecule has 0 aromatic rings. The fraction of sp³-hybridized carbons (Fsp3) is 0.909. The molecule has 2 aliphatic rings. The minimum atomic E-state index is 0.122. The molecular weight excluding hydrogens is 176 g/mol. The minimum Gasteiger partial charge on any atom is -0.342 e. The molecule has 2 N–H and O–H groups in total. The summed E-state index contributed by atoms with van der Waals surface area (Å²) >= 11 is 0. The number of nitrogens with zero attached hydrogens (tertiary/aromatic N) is 1. The molecule has 1 heterocycles. The molecular formula is C11H20N2O. The second kappa shape index (κ2) is 4.30. The molecule has 1 saturated heterocycles. The number of rotatable bonds is 1. The van der Waals surface area contributed by atoms with Gasteiger partial charge in [-0.3, -0.25) is 4.79 Å². The van der Waals surface area contributed by atoms with Gasteiger partial charge in [-0.2, -0.15) is 0 Å². The van der Waals surface area contributed by atoms with Gasteiger partial charge in [-0.15, -0.1) is 0 Å². The van der Waals surface area contributed by atoms with Gasteiger partial charge in [0.1, 0.15) is 0 Å². The lowest BCUT2D eigenvalue weighted by Crippen LogP contribution is -2.44. The van der Waals surface area contributed by atoms with E-state index in [1.807, 2.05) is 4.90 Å². The van der Waals surface area contributed by atoms with Crippen LogP contribution in [0.2, 0.25) is 0 Å². The van der Waals surface area contributed by atoms with Gasteiger partial charge in [0.25, 0.3) is 0 Å². The largest absolute Gasteiger partial charge is 0.342 e. The minimum absolute atomic E-state index is 0.122. The van der Waals surface area contributed by atoms with Gasteiger partial charge in [0.2, 0.25) is 5.91 Å². The van der Waals surface area contributed by atoms with Gasteiger partial charge in [-0.05, 0) is 25.7 Å². The number of likely N-dealkylation sites (tertiary alicyclic amines) is 1. The summed E-state index contributed by atoms with van der Waals surface area (Å²) < 4.78 is 0. The normalized spacial score (nSPS) is 33.4. The highest BCUT2D eigenvalue weighted by Gasteiger charge is 2.32. The SMILES string of the molecule is N[C@@H]1CCCC[C@H]1C(=O)N1CCCC1. The Balaban J connectivity index is 1.94. The number of carbonyl (C=O) groups excluding carboxylic acids is 1. The van der Waals surface area contributed by atoms with Crippen LogP contribution in [0.5, 0.6) is 0 Å². The van der Waals surface area contributed by atoms with Gasteiger partial charge in [0, 0.05) is 19.1 Å². The number of amides is 1. The van der Waals surface area contributed by atoms with Crippen molar-refractivity contribution in [3.8, 4) is 0 Å². The molecule has 2 rings (SSSR count). The lowest BCUT2D eigenvalue weighted by molar-refractivity contribution is -0.136. The Bertz CT molecular complexity index is 211. The molecule has 0 bridgehead atoms. The maximum atomic E-state index is 12.1. The Hall–Kier alpha value is -0.570. The van der Waals surface area contributed by atoms with Gasteiger partial charge >= 0.3 is 0 Å². The number of nitrogens with two attached hydrogens (primary N) is 1. The van der Waals surface area contributed by atoms with Gasteiger partial charge in [0.15, 0.2) is 0 Å². The lowest BCUT2D eigenvalue weighted by Gasteiger charge is -2.30. The fourth-order valence-corrected chi connectivity index (χ4v) is 2.64. The van der Waals surface area contributed by atoms with E-state index in [0.29, 0.717) is 5.91 Å². The van der Waals surface area contributed by atoms with Crippen molar-refractivity contribution in [3.05, 3.63) is 0 Å². The van der Waals surface area contributed by atoms with E-state index in [4.69, 9.17) is 5.73 Å². The van der Waals surface area contributed by atoms with Crippen LogP contribution >= 0.6 is 0 Å². The van der Waals surface area contributed by atoms with Crippen LogP contribution in [0.25, 0.3) is 0 Å². The van der Waals surface area contributed by atoms with Crippen molar-refractivity contribution < 1.29 is 4.79 Å². The van der Waals surface area contributed by atoms with Gasteiger partial charge in [0.05, 0.1) is 5.92 Å². The molecule has 3 nitrogen and oxygen atoms in total. The van der Waals surface area contributed by atoms with Crippen molar-refractivity contribution in [2.75, 3.05) is 13.1 Å². The molecule has 1 aliphatic carbocycles. The molecule has 14 heavy (non-hydrogen) atoms. The maximum Gasteiger partial charge on any atom is 0.227 e. The molecule has 0 spiro atoms. The van der Waals surface area contributed by atoms with E-state index in [9.17, 15) is 4.79 Å². The number of hydrogen-bond acceptors (Lipinski definition) is 2. The zero-order chi connectivity index (χ0) is 9.97. The molecule has 80 valence electrons. The summed E-state index contributed by atoms with van der Waals surface area (Å²) in [4.78, 5) is 14.1. The average Bonchev–Trinajstić information content (AvgIpc) is 2.70. The van der Waals surface area contributed by atoms with E-state index < -0.39 is 0 Å². The zero-order valence-corrected chi connectivity index (χ0v) is 8.74. The maximum absolute atomic E-state index is 12.1. The highest BCUT2D eigenvalue weighted by Crippen LogP contribution is 2.26. The van der Waals surface area contributed by atoms with E-state index >= 15 is 0 Å². The van der Waals surface area contributed by atoms with Crippen LogP contribution in [0.15, 0.2) is 0 Å². The smallest absolute Gasteiger partial charge is 0.227 e. The van der Waals surface area contributed by atoms with E-state index in [-0.39, 0.29) is 12.0 Å². The molecule has 2 atom stereocenters. The zero-order valence-electron chi connectivity index (χ0n) is 8.74. The first kappa shape index (κ1) is 9.97. The van der Waals surface area contributed by atoms with E-state index in [0.717, 1.165) is 25.9 Å². The summed E-state index contributed by atoms with van der Waals surface area (Å²) in [5.74, 6) is 0.455. The predicted octanol–water partition coefficient (Wildman–Crippen LogP) is 1.13. The summed E-state index contributed by atoms with van der Waals surface area (Å²) in [6, 6.07) is 0.122. The summed E-state index contributed by atoms with van der Waals surface area (Å²) in [7, 11) is 0. The molecule has 0 unspecified atom stereocenters. The van der Waals surface area contributed by atoms with Crippen molar-refractivity contribution in [2.45, 2.75) is 44.6 Å². The quantitative estimate of drug-likeness (QED) is 0.683. The molecule has 2 fully saturated rings. The molecule has 0 radical (unpaired) electrons. The summed E-state index contributed by atoms with van der Waals surface area (Å²) in [5, 5.41) is 0. The van der Waals surface area contributed by atoms with E-state index in [1.54, 1.807) is 0 Å². The topological polar surface area (TPSA) is 46.3 Å². The second-order valence-corrected chi connectivity index (χ2v) is 4.59. The summed E-state index contributed by atoms with van der Waals surface area (Å²) in [5.41, 5.74) is 6.00. The molecule has 1 amide bonds. The predicted molar refractivity (Wildman–Crippen MR) is 55.7 cm³/mol. The van der Waals surface area contributed by atoms with Gasteiger partial charge < -0.3 is 10.6 Å². The summed E-state index contributed by atoms with van der Waals surface area (Å²) in [6.07, 6.45) is 6.77. The Morgan fingerprint density at radius 2 is 1.71 bits per heavy atom. The number of hydrogen-bond donors (Lipinski definition) is 1. The first-order valence-electron chi connectivity index (χ1n) is 5.83. The summed E-state index contributed by atoms with van der Waals surface area (Å²) in [6.45, 7) is 1.92. The van der Waals surface area contributed by atoms with E-state index in [2.05, 4.69) is 0 Å². The first-order chi connectivity index (χ1) is 6.79. The highest BCUT2D eigenvalue weighted by atomic mass is 16.2. The van der Waals surface area contributed by atoms with Crippen LogP contribution in [0.1, 0.15) is 38.5 Å². The Labute approximate surface area is 85.6 Å². The van der Waals surface area contributed by atoms with Crippen LogP contribution in [0.3, 0.4) is 0 Å². The van der Waals surface area contributed by atoms with Crippen LogP contribution in [-0.2, 0) is 4.79 Å². The molecule has 1 saturated carbocycles. The third-order valence-corrected chi connectivity index (χ3v) is 3.55. The third kappa shape index (κ3) is 1.92. The number of carbonyl (C=O) groups is 1. The van der Waals surface area contributed by atoms with Gasteiger partial charge in [-0.25, -0.2) is 0 Å². The van der Waals surface area contributed by atoms with Gasteiger partial charge in [-0.1, -0.05) is 12.8 Å². The van der Waals surface area contributed by atoms with E-state index in [1.165, 1.54) is 25.7 Å². The average molecular weight is 196 g/mol. The van der Waals surface area contributed by atoms with Crippen LogP contribution in [0, 0.1) is 5.92 Å². The standard InChI is InChI=1S/C11H20N2O/c12-10-6-2-1-5-9(10)11(14)13-7-3-4-8-13/h9-10H,1-8,12H2/t9-,10-/m1/s1. The molecule has 3 heteroatoms. The van der Waals surface area contributed by atoms with Crippen LogP contribution in [-0.4, -0.2) is 29.9 Å². The van der Waals surface area contributed by atoms with Crippen molar-refractivity contribution in [3.63, 3.8) is 0 Å². The molecule has 1 aliphatic heterocycles. The third-order valence-electron chi connectivity index (χ3n) is 3.55.